The molecule has 0 aromatic heterocycles. The van der Waals surface area contributed by atoms with Gasteiger partial charge < -0.3 is 14.8 Å². The minimum atomic E-state index is -0.444. The normalized spacial score (nSPS) is 30.2. The first-order valence-electron chi connectivity index (χ1n) is 8.36. The first kappa shape index (κ1) is 17.1. The summed E-state index contributed by atoms with van der Waals surface area (Å²) < 4.78 is 10.2. The van der Waals surface area contributed by atoms with Crippen molar-refractivity contribution >= 4 is 12.1 Å². The summed E-state index contributed by atoms with van der Waals surface area (Å²) in [5.74, 6) is 0.563. The van der Waals surface area contributed by atoms with Gasteiger partial charge in [-0.15, -0.1) is 0 Å². The molecule has 0 atom stereocenters. The van der Waals surface area contributed by atoms with Crippen molar-refractivity contribution in [3.8, 4) is 0 Å². The second kappa shape index (κ2) is 6.47. The average Bonchev–Trinajstić information content (AvgIpc) is 2.26. The van der Waals surface area contributed by atoms with E-state index in [0.717, 1.165) is 19.3 Å². The fraction of sp³-hybridized carbons (Fsp3) is 0.882. The van der Waals surface area contributed by atoms with Gasteiger partial charge in [0.25, 0.3) is 0 Å². The molecule has 2 aliphatic carbocycles. The molecule has 2 aliphatic rings. The topological polar surface area (TPSA) is 64.6 Å². The predicted octanol–water partition coefficient (Wildman–Crippen LogP) is 3.41. The van der Waals surface area contributed by atoms with E-state index in [4.69, 9.17) is 9.47 Å². The van der Waals surface area contributed by atoms with Crippen LogP contribution in [-0.2, 0) is 14.3 Å². The maximum Gasteiger partial charge on any atom is 0.407 e. The van der Waals surface area contributed by atoms with Gasteiger partial charge in [0.2, 0.25) is 0 Å². The van der Waals surface area contributed by atoms with Crippen molar-refractivity contribution in [1.82, 2.24) is 5.32 Å². The van der Waals surface area contributed by atoms with E-state index < -0.39 is 5.60 Å². The van der Waals surface area contributed by atoms with Gasteiger partial charge in [-0.05, 0) is 71.1 Å². The van der Waals surface area contributed by atoms with E-state index in [2.05, 4.69) is 5.32 Å². The van der Waals surface area contributed by atoms with Crippen molar-refractivity contribution in [2.45, 2.75) is 77.9 Å². The molecule has 0 aromatic carbocycles. The van der Waals surface area contributed by atoms with E-state index in [-0.39, 0.29) is 18.1 Å². The summed E-state index contributed by atoms with van der Waals surface area (Å²) >= 11 is 0. The summed E-state index contributed by atoms with van der Waals surface area (Å²) in [4.78, 5) is 23.0. The van der Waals surface area contributed by atoms with E-state index in [1.807, 2.05) is 27.7 Å². The highest BCUT2D eigenvalue weighted by Crippen LogP contribution is 2.59. The maximum absolute atomic E-state index is 11.7. The molecule has 5 nitrogen and oxygen atoms in total. The lowest BCUT2D eigenvalue weighted by atomic mass is 9.49. The Balaban J connectivity index is 1.58. The first-order chi connectivity index (χ1) is 10.2. The largest absolute Gasteiger partial charge is 0.466 e. The predicted molar refractivity (Wildman–Crippen MR) is 83.4 cm³/mol. The van der Waals surface area contributed by atoms with Gasteiger partial charge >= 0.3 is 12.1 Å². The van der Waals surface area contributed by atoms with Crippen LogP contribution in [0.2, 0.25) is 0 Å². The van der Waals surface area contributed by atoms with Crippen molar-refractivity contribution < 1.29 is 19.1 Å². The van der Waals surface area contributed by atoms with Gasteiger partial charge in [-0.3, -0.25) is 4.79 Å². The van der Waals surface area contributed by atoms with E-state index in [1.165, 1.54) is 12.8 Å². The van der Waals surface area contributed by atoms with Crippen LogP contribution < -0.4 is 5.32 Å². The average molecular weight is 311 g/mol. The lowest BCUT2D eigenvalue weighted by Crippen LogP contribution is -2.56. The smallest absolute Gasteiger partial charge is 0.407 e. The number of carbonyl (C=O) groups excluding carboxylic acids is 2. The van der Waals surface area contributed by atoms with Crippen LogP contribution in [0.1, 0.15) is 66.2 Å². The SMILES string of the molecule is CCOC(=O)CCC1CC2(C1)CC(NC(=O)OC(C)(C)C)C2. The van der Waals surface area contributed by atoms with Gasteiger partial charge in [0.05, 0.1) is 6.61 Å². The number of ether oxygens (including phenoxy) is 2. The van der Waals surface area contributed by atoms with E-state index >= 15 is 0 Å². The third-order valence-electron chi connectivity index (χ3n) is 4.59. The molecular formula is C17H29NO4. The Labute approximate surface area is 133 Å². The zero-order chi connectivity index (χ0) is 16.4. The zero-order valence-corrected chi connectivity index (χ0v) is 14.2. The third-order valence-corrected chi connectivity index (χ3v) is 4.59. The van der Waals surface area contributed by atoms with E-state index in [1.54, 1.807) is 0 Å². The van der Waals surface area contributed by atoms with Crippen molar-refractivity contribution in [2.75, 3.05) is 6.61 Å². The van der Waals surface area contributed by atoms with Gasteiger partial charge in [0.15, 0.2) is 0 Å². The minimum Gasteiger partial charge on any atom is -0.466 e. The monoisotopic (exact) mass is 311 g/mol. The molecule has 0 radical (unpaired) electrons. The van der Waals surface area contributed by atoms with Gasteiger partial charge in [0, 0.05) is 12.5 Å². The second-order valence-electron chi connectivity index (χ2n) is 7.87. The zero-order valence-electron chi connectivity index (χ0n) is 14.2. The quantitative estimate of drug-likeness (QED) is 0.790. The lowest BCUT2D eigenvalue weighted by molar-refractivity contribution is -0.144. The van der Waals surface area contributed by atoms with Crippen LogP contribution in [0.25, 0.3) is 0 Å². The molecule has 2 saturated carbocycles. The highest BCUT2D eigenvalue weighted by Gasteiger charge is 2.52. The van der Waals surface area contributed by atoms with Crippen LogP contribution in [-0.4, -0.2) is 30.3 Å². The van der Waals surface area contributed by atoms with E-state index in [0.29, 0.717) is 24.4 Å². The first-order valence-corrected chi connectivity index (χ1v) is 8.36. The van der Waals surface area contributed by atoms with Gasteiger partial charge in [-0.1, -0.05) is 0 Å². The Hall–Kier alpha value is -1.26. The molecular weight excluding hydrogens is 282 g/mol. The number of carbonyl (C=O) groups is 2. The molecule has 0 unspecified atom stereocenters. The van der Waals surface area contributed by atoms with Gasteiger partial charge in [-0.25, -0.2) is 4.79 Å². The summed E-state index contributed by atoms with van der Waals surface area (Å²) in [7, 11) is 0. The van der Waals surface area contributed by atoms with E-state index in [9.17, 15) is 9.59 Å². The van der Waals surface area contributed by atoms with Crippen LogP contribution in [0.3, 0.4) is 0 Å². The molecule has 1 amide bonds. The Bertz CT molecular complexity index is 413. The van der Waals surface area contributed by atoms with Gasteiger partial charge in [0.1, 0.15) is 5.60 Å². The maximum atomic E-state index is 11.7. The van der Waals surface area contributed by atoms with Crippen molar-refractivity contribution in [3.05, 3.63) is 0 Å². The summed E-state index contributed by atoms with van der Waals surface area (Å²) in [6.45, 7) is 7.91. The number of alkyl carbamates (subject to hydrolysis) is 1. The van der Waals surface area contributed by atoms with Gasteiger partial charge in [-0.2, -0.15) is 0 Å². The summed E-state index contributed by atoms with van der Waals surface area (Å²) in [5.41, 5.74) is -0.0286. The Morgan fingerprint density at radius 1 is 1.18 bits per heavy atom. The van der Waals surface area contributed by atoms with Crippen LogP contribution in [0.5, 0.6) is 0 Å². The van der Waals surface area contributed by atoms with Crippen LogP contribution in [0.4, 0.5) is 4.79 Å². The molecule has 22 heavy (non-hydrogen) atoms. The van der Waals surface area contributed by atoms with Crippen molar-refractivity contribution in [1.29, 1.82) is 0 Å². The van der Waals surface area contributed by atoms with Crippen LogP contribution in [0.15, 0.2) is 0 Å². The molecule has 0 bridgehead atoms. The number of hydrogen-bond acceptors (Lipinski definition) is 4. The fourth-order valence-corrected chi connectivity index (χ4v) is 3.82. The van der Waals surface area contributed by atoms with Crippen molar-refractivity contribution in [3.63, 3.8) is 0 Å². The minimum absolute atomic E-state index is 0.0819. The summed E-state index contributed by atoms with van der Waals surface area (Å²) in [5, 5.41) is 2.94. The highest BCUT2D eigenvalue weighted by atomic mass is 16.6. The molecule has 1 N–H and O–H groups in total. The molecule has 2 rings (SSSR count). The molecule has 126 valence electrons. The standard InChI is InChI=1S/C17H29NO4/c1-5-21-14(19)7-6-12-8-17(9-12)10-13(11-17)18-15(20)22-16(2,3)4/h12-13H,5-11H2,1-4H3,(H,18,20). The van der Waals surface area contributed by atoms with Crippen molar-refractivity contribution in [2.24, 2.45) is 11.3 Å². The summed E-state index contributed by atoms with van der Waals surface area (Å²) in [6, 6.07) is 0.251. The highest BCUT2D eigenvalue weighted by molar-refractivity contribution is 5.69. The van der Waals surface area contributed by atoms with Crippen LogP contribution in [0, 0.1) is 11.3 Å². The molecule has 0 aliphatic heterocycles. The second-order valence-corrected chi connectivity index (χ2v) is 7.87. The fourth-order valence-electron chi connectivity index (χ4n) is 3.82. The number of amides is 1. The number of hydrogen-bond donors (Lipinski definition) is 1. The number of rotatable bonds is 5. The molecule has 0 aromatic rings. The number of nitrogens with one attached hydrogen (secondary N) is 1. The molecule has 2 fully saturated rings. The molecule has 1 spiro atoms. The molecule has 5 heteroatoms. The molecule has 0 heterocycles. The Kier molecular flexibility index (Phi) is 5.03. The summed E-state index contributed by atoms with van der Waals surface area (Å²) in [6.07, 6.45) is 5.60. The molecule has 0 saturated heterocycles. The van der Waals surface area contributed by atoms with Crippen LogP contribution >= 0.6 is 0 Å². The Morgan fingerprint density at radius 3 is 2.36 bits per heavy atom. The Morgan fingerprint density at radius 2 is 1.82 bits per heavy atom. The lowest BCUT2D eigenvalue weighted by Gasteiger charge is -2.58. The third kappa shape index (κ3) is 4.62. The number of esters is 1.